The van der Waals surface area contributed by atoms with Crippen LogP contribution in [0, 0.1) is 12.3 Å². The normalized spacial score (nSPS) is 27.1. The first-order valence-electron chi connectivity index (χ1n) is 9.94. The Labute approximate surface area is 155 Å². The summed E-state index contributed by atoms with van der Waals surface area (Å²) in [7, 11) is 0. The van der Waals surface area contributed by atoms with E-state index in [0.717, 1.165) is 70.9 Å². The first-order chi connectivity index (χ1) is 12.6. The van der Waals surface area contributed by atoms with Crippen molar-refractivity contribution in [2.24, 2.45) is 5.41 Å². The van der Waals surface area contributed by atoms with Crippen molar-refractivity contribution in [3.8, 4) is 0 Å². The Balaban J connectivity index is 1.25. The van der Waals surface area contributed by atoms with Crippen molar-refractivity contribution in [1.29, 1.82) is 0 Å². The maximum atomic E-state index is 12.7. The molecule has 1 atom stereocenters. The topological polar surface area (TPSA) is 57.7 Å². The van der Waals surface area contributed by atoms with Crippen LogP contribution in [0.5, 0.6) is 0 Å². The molecule has 6 heteroatoms. The predicted octanol–water partition coefficient (Wildman–Crippen LogP) is 2.57. The number of amides is 2. The number of aromatic nitrogens is 1. The minimum atomic E-state index is 0.111. The summed E-state index contributed by atoms with van der Waals surface area (Å²) in [6.07, 6.45) is 7.27. The molecule has 0 saturated carbocycles. The maximum Gasteiger partial charge on any atom is 0.317 e. The van der Waals surface area contributed by atoms with Gasteiger partial charge in [0.15, 0.2) is 0 Å². The number of likely N-dealkylation sites (tertiary alicyclic amines) is 1. The highest BCUT2D eigenvalue weighted by Gasteiger charge is 2.41. The third-order valence-corrected chi connectivity index (χ3v) is 6.17. The quantitative estimate of drug-likeness (QED) is 0.883. The second-order valence-electron chi connectivity index (χ2n) is 8.23. The zero-order valence-corrected chi connectivity index (χ0v) is 15.7. The van der Waals surface area contributed by atoms with E-state index >= 15 is 0 Å². The van der Waals surface area contributed by atoms with Gasteiger partial charge >= 0.3 is 6.03 Å². The molecule has 3 fully saturated rings. The summed E-state index contributed by atoms with van der Waals surface area (Å²) in [5, 5.41) is 3.26. The second kappa shape index (κ2) is 7.43. The van der Waals surface area contributed by atoms with Crippen LogP contribution >= 0.6 is 0 Å². The summed E-state index contributed by atoms with van der Waals surface area (Å²) in [6.45, 7) is 7.35. The Morgan fingerprint density at radius 1 is 1.27 bits per heavy atom. The molecule has 1 unspecified atom stereocenters. The van der Waals surface area contributed by atoms with Gasteiger partial charge in [0.1, 0.15) is 5.82 Å². The molecular weight excluding hydrogens is 328 g/mol. The van der Waals surface area contributed by atoms with Crippen LogP contribution in [0.2, 0.25) is 0 Å². The van der Waals surface area contributed by atoms with Crippen molar-refractivity contribution in [3.05, 3.63) is 23.9 Å². The van der Waals surface area contributed by atoms with E-state index in [2.05, 4.69) is 34.3 Å². The largest absolute Gasteiger partial charge is 0.381 e. The molecule has 1 N–H and O–H groups in total. The average Bonchev–Trinajstić information content (AvgIpc) is 3.07. The van der Waals surface area contributed by atoms with Gasteiger partial charge in [0.05, 0.1) is 6.61 Å². The SMILES string of the molecule is Cc1ccc(N2CCC(NC(=O)N3CCC4(CCCOC4)C3)CC2)nc1. The number of carbonyl (C=O) groups excluding carboxylic acids is 1. The van der Waals surface area contributed by atoms with E-state index in [1.165, 1.54) is 12.0 Å². The zero-order chi connectivity index (χ0) is 18.0. The molecule has 0 aromatic carbocycles. The maximum absolute atomic E-state index is 12.7. The summed E-state index contributed by atoms with van der Waals surface area (Å²) in [4.78, 5) is 21.5. The predicted molar refractivity (Wildman–Crippen MR) is 101 cm³/mol. The number of hydrogen-bond acceptors (Lipinski definition) is 4. The monoisotopic (exact) mass is 358 g/mol. The number of piperidine rings is 1. The van der Waals surface area contributed by atoms with Gasteiger partial charge in [-0.3, -0.25) is 0 Å². The number of nitrogens with zero attached hydrogens (tertiary/aromatic N) is 3. The minimum Gasteiger partial charge on any atom is -0.381 e. The number of hydrogen-bond donors (Lipinski definition) is 1. The molecule has 2 amide bonds. The number of pyridine rings is 1. The van der Waals surface area contributed by atoms with Crippen LogP contribution in [0.15, 0.2) is 18.3 Å². The lowest BCUT2D eigenvalue weighted by molar-refractivity contribution is -0.000486. The van der Waals surface area contributed by atoms with Gasteiger partial charge in [0.2, 0.25) is 0 Å². The molecule has 1 spiro atoms. The molecular formula is C20H30N4O2. The Bertz CT molecular complexity index is 619. The second-order valence-corrected chi connectivity index (χ2v) is 8.23. The summed E-state index contributed by atoms with van der Waals surface area (Å²) >= 11 is 0. The smallest absolute Gasteiger partial charge is 0.317 e. The fraction of sp³-hybridized carbons (Fsp3) is 0.700. The summed E-state index contributed by atoms with van der Waals surface area (Å²) in [5.74, 6) is 1.04. The molecule has 1 aromatic heterocycles. The molecule has 0 aliphatic carbocycles. The molecule has 4 heterocycles. The molecule has 3 aliphatic heterocycles. The molecule has 0 radical (unpaired) electrons. The van der Waals surface area contributed by atoms with Gasteiger partial charge in [0.25, 0.3) is 0 Å². The first-order valence-corrected chi connectivity index (χ1v) is 9.94. The standard InChI is InChI=1S/C20H30N4O2/c1-16-3-4-18(21-13-16)23-9-5-17(6-10-23)22-19(25)24-11-8-20(14-24)7-2-12-26-15-20/h3-4,13,17H,2,5-12,14-15H2,1H3,(H,22,25). The lowest BCUT2D eigenvalue weighted by Gasteiger charge is -2.35. The van der Waals surface area contributed by atoms with Gasteiger partial charge < -0.3 is 19.9 Å². The third-order valence-electron chi connectivity index (χ3n) is 6.17. The highest BCUT2D eigenvalue weighted by atomic mass is 16.5. The molecule has 26 heavy (non-hydrogen) atoms. The van der Waals surface area contributed by atoms with Crippen molar-refractivity contribution < 1.29 is 9.53 Å². The van der Waals surface area contributed by atoms with Crippen LogP contribution in [0.3, 0.4) is 0 Å². The number of carbonyl (C=O) groups is 1. The third kappa shape index (κ3) is 3.80. The number of nitrogens with one attached hydrogen (secondary N) is 1. The van der Waals surface area contributed by atoms with E-state index in [4.69, 9.17) is 4.74 Å². The fourth-order valence-corrected chi connectivity index (χ4v) is 4.51. The van der Waals surface area contributed by atoms with Crippen LogP contribution in [-0.2, 0) is 4.74 Å². The van der Waals surface area contributed by atoms with Gasteiger partial charge in [-0.15, -0.1) is 0 Å². The number of ether oxygens (including phenoxy) is 1. The molecule has 4 rings (SSSR count). The molecule has 1 aromatic rings. The zero-order valence-electron chi connectivity index (χ0n) is 15.7. The first kappa shape index (κ1) is 17.6. The summed E-state index contributed by atoms with van der Waals surface area (Å²) in [5.41, 5.74) is 1.40. The van der Waals surface area contributed by atoms with Gasteiger partial charge in [-0.2, -0.15) is 0 Å². The molecule has 3 saturated heterocycles. The van der Waals surface area contributed by atoms with Crippen molar-refractivity contribution in [3.63, 3.8) is 0 Å². The Morgan fingerprint density at radius 2 is 2.12 bits per heavy atom. The fourth-order valence-electron chi connectivity index (χ4n) is 4.51. The van der Waals surface area contributed by atoms with Crippen LogP contribution in [0.4, 0.5) is 10.6 Å². The van der Waals surface area contributed by atoms with Crippen molar-refractivity contribution in [2.45, 2.75) is 45.1 Å². The number of aryl methyl sites for hydroxylation is 1. The van der Waals surface area contributed by atoms with Gasteiger partial charge in [-0.1, -0.05) is 6.07 Å². The highest BCUT2D eigenvalue weighted by Crippen LogP contribution is 2.38. The summed E-state index contributed by atoms with van der Waals surface area (Å²) in [6, 6.07) is 4.57. The number of rotatable bonds is 2. The molecule has 0 bridgehead atoms. The van der Waals surface area contributed by atoms with Gasteiger partial charge in [-0.05, 0) is 50.7 Å². The van der Waals surface area contributed by atoms with E-state index in [1.54, 1.807) is 0 Å². The van der Waals surface area contributed by atoms with Crippen LogP contribution < -0.4 is 10.2 Å². The number of urea groups is 1. The van der Waals surface area contributed by atoms with E-state index in [0.29, 0.717) is 0 Å². The highest BCUT2D eigenvalue weighted by molar-refractivity contribution is 5.75. The summed E-state index contributed by atoms with van der Waals surface area (Å²) < 4.78 is 5.68. The van der Waals surface area contributed by atoms with E-state index in [-0.39, 0.29) is 17.5 Å². The van der Waals surface area contributed by atoms with Crippen LogP contribution in [0.1, 0.15) is 37.7 Å². The lowest BCUT2D eigenvalue weighted by atomic mass is 9.82. The van der Waals surface area contributed by atoms with Crippen molar-refractivity contribution in [1.82, 2.24) is 15.2 Å². The van der Waals surface area contributed by atoms with Crippen LogP contribution in [-0.4, -0.2) is 61.3 Å². The van der Waals surface area contributed by atoms with Crippen molar-refractivity contribution in [2.75, 3.05) is 44.3 Å². The lowest BCUT2D eigenvalue weighted by Crippen LogP contribution is -2.49. The molecule has 3 aliphatic rings. The van der Waals surface area contributed by atoms with Crippen LogP contribution in [0.25, 0.3) is 0 Å². The molecule has 6 nitrogen and oxygen atoms in total. The average molecular weight is 358 g/mol. The van der Waals surface area contributed by atoms with Gasteiger partial charge in [-0.25, -0.2) is 9.78 Å². The van der Waals surface area contributed by atoms with Crippen molar-refractivity contribution >= 4 is 11.8 Å². The van der Waals surface area contributed by atoms with Gasteiger partial charge in [0, 0.05) is 50.4 Å². The minimum absolute atomic E-state index is 0.111. The Morgan fingerprint density at radius 3 is 2.81 bits per heavy atom. The van der Waals surface area contributed by atoms with E-state index < -0.39 is 0 Å². The molecule has 142 valence electrons. The van der Waals surface area contributed by atoms with E-state index in [1.807, 2.05) is 11.1 Å². The Hall–Kier alpha value is -1.82. The Kier molecular flexibility index (Phi) is 5.02. The number of anilines is 1. The van der Waals surface area contributed by atoms with E-state index in [9.17, 15) is 4.79 Å².